The van der Waals surface area contributed by atoms with Crippen molar-refractivity contribution in [2.75, 3.05) is 25.5 Å². The highest BCUT2D eigenvalue weighted by molar-refractivity contribution is 5.87. The van der Waals surface area contributed by atoms with Gasteiger partial charge in [-0.3, -0.25) is 0 Å². The summed E-state index contributed by atoms with van der Waals surface area (Å²) in [6, 6.07) is 7.84. The van der Waals surface area contributed by atoms with Crippen molar-refractivity contribution in [3.8, 4) is 0 Å². The number of pyridine rings is 1. The summed E-state index contributed by atoms with van der Waals surface area (Å²) in [7, 11) is 1.71. The van der Waals surface area contributed by atoms with Gasteiger partial charge in [-0.05, 0) is 42.8 Å². The molecule has 0 radical (unpaired) electrons. The van der Waals surface area contributed by atoms with Crippen molar-refractivity contribution in [3.63, 3.8) is 0 Å². The smallest absolute Gasteiger partial charge is 0.397 e. The van der Waals surface area contributed by atoms with Crippen LogP contribution in [-0.2, 0) is 0 Å². The van der Waals surface area contributed by atoms with Gasteiger partial charge in [0.05, 0.1) is 5.70 Å². The van der Waals surface area contributed by atoms with Gasteiger partial charge in [0.1, 0.15) is 11.5 Å². The first-order chi connectivity index (χ1) is 15.5. The van der Waals surface area contributed by atoms with Crippen LogP contribution in [0, 0.1) is 11.3 Å². The lowest BCUT2D eigenvalue weighted by Gasteiger charge is -2.60. The monoisotopic (exact) mass is 458 g/mol. The number of fused-ring (bicyclic) bond motifs is 1. The zero-order chi connectivity index (χ0) is 24.0. The summed E-state index contributed by atoms with van der Waals surface area (Å²) >= 11 is 0. The number of benzene rings is 1. The molecule has 1 aliphatic heterocycles. The molecule has 6 nitrogen and oxygen atoms in total. The first-order valence-corrected chi connectivity index (χ1v) is 10.8. The van der Waals surface area contributed by atoms with E-state index in [0.29, 0.717) is 24.6 Å². The van der Waals surface area contributed by atoms with Crippen LogP contribution in [0.2, 0.25) is 0 Å². The van der Waals surface area contributed by atoms with Crippen molar-refractivity contribution in [1.82, 2.24) is 14.9 Å². The Bertz CT molecular complexity index is 1120. The minimum atomic E-state index is -4.36. The number of hydrogen-bond donors (Lipinski definition) is 3. The molecule has 2 aromatic rings. The summed E-state index contributed by atoms with van der Waals surface area (Å²) in [5, 5.41) is 6.79. The van der Waals surface area contributed by atoms with Gasteiger partial charge >= 0.3 is 6.18 Å². The lowest BCUT2D eigenvalue weighted by atomic mass is 9.56. The van der Waals surface area contributed by atoms with Crippen LogP contribution in [0.3, 0.4) is 0 Å². The molecule has 1 aromatic heterocycles. The number of hydrogen-bond acceptors (Lipinski definition) is 6. The molecule has 1 aromatic carbocycles. The average Bonchev–Trinajstić information content (AvgIpc) is 2.68. The summed E-state index contributed by atoms with van der Waals surface area (Å²) in [5.74, 6) is 6.65. The molecule has 2 heterocycles. The molecule has 1 saturated carbocycles. The molecule has 0 amide bonds. The second kappa shape index (κ2) is 8.30. The van der Waals surface area contributed by atoms with E-state index in [2.05, 4.69) is 16.9 Å². The van der Waals surface area contributed by atoms with E-state index in [1.54, 1.807) is 19.4 Å². The number of anilines is 1. The molecule has 2 aliphatic rings. The van der Waals surface area contributed by atoms with Crippen molar-refractivity contribution in [2.45, 2.75) is 25.9 Å². The van der Waals surface area contributed by atoms with Crippen LogP contribution >= 0.6 is 0 Å². The van der Waals surface area contributed by atoms with Crippen LogP contribution in [-0.4, -0.2) is 41.2 Å². The maximum atomic E-state index is 12.8. The lowest BCUT2D eigenvalue weighted by Crippen LogP contribution is -2.63. The first-order valence-electron chi connectivity index (χ1n) is 10.8. The van der Waals surface area contributed by atoms with Crippen LogP contribution in [0.25, 0.3) is 16.5 Å². The fourth-order valence-corrected chi connectivity index (χ4v) is 4.84. The molecule has 1 spiro atoms. The van der Waals surface area contributed by atoms with E-state index in [0.717, 1.165) is 34.9 Å². The number of allylic oxidation sites excluding steroid dienone is 3. The zero-order valence-electron chi connectivity index (χ0n) is 18.8. The van der Waals surface area contributed by atoms with E-state index < -0.39 is 11.9 Å². The molecule has 0 atom stereocenters. The van der Waals surface area contributed by atoms with Crippen LogP contribution in [0.1, 0.15) is 25.3 Å². The van der Waals surface area contributed by atoms with Gasteiger partial charge in [0, 0.05) is 55.0 Å². The van der Waals surface area contributed by atoms with Crippen LogP contribution < -0.4 is 16.9 Å². The van der Waals surface area contributed by atoms with E-state index in [1.165, 1.54) is 9.91 Å². The van der Waals surface area contributed by atoms with E-state index in [-0.39, 0.29) is 11.3 Å². The number of nitrogens with two attached hydrogens (primary N) is 2. The van der Waals surface area contributed by atoms with Gasteiger partial charge in [0.2, 0.25) is 0 Å². The van der Waals surface area contributed by atoms with E-state index in [4.69, 9.17) is 11.6 Å². The third kappa shape index (κ3) is 4.64. The molecule has 176 valence electrons. The van der Waals surface area contributed by atoms with Crippen LogP contribution in [0.15, 0.2) is 60.7 Å². The third-order valence-corrected chi connectivity index (χ3v) is 6.54. The zero-order valence-corrected chi connectivity index (χ0v) is 18.8. The number of nitrogens with one attached hydrogen (secondary N) is 1. The highest BCUT2D eigenvalue weighted by Crippen LogP contribution is 2.55. The summed E-state index contributed by atoms with van der Waals surface area (Å²) in [6.07, 6.45) is 2.82. The van der Waals surface area contributed by atoms with Crippen molar-refractivity contribution in [1.29, 1.82) is 0 Å². The number of aromatic nitrogens is 1. The summed E-state index contributed by atoms with van der Waals surface area (Å²) in [4.78, 5) is 5.86. The normalized spacial score (nSPS) is 18.8. The van der Waals surface area contributed by atoms with Crippen molar-refractivity contribution >= 4 is 22.3 Å². The quantitative estimate of drug-likeness (QED) is 0.440. The number of halogens is 3. The molecule has 1 aliphatic carbocycles. The van der Waals surface area contributed by atoms with Gasteiger partial charge in [-0.1, -0.05) is 24.8 Å². The minimum absolute atomic E-state index is 0.0411. The number of likely N-dealkylation sites (tertiary alicyclic amines) is 1. The molecule has 0 unspecified atom stereocenters. The Morgan fingerprint density at radius 1 is 1.27 bits per heavy atom. The SMILES string of the molecule is C=C(N1CC2(CC(/C(=C/C)Nc3cc4cc(/C(N)=C/N(C)N)ccc4cn3)C2)C1)C(F)(F)F. The van der Waals surface area contributed by atoms with Gasteiger partial charge in [-0.2, -0.15) is 13.2 Å². The Balaban J connectivity index is 1.41. The molecule has 2 fully saturated rings. The Kier molecular flexibility index (Phi) is 5.78. The predicted octanol–water partition coefficient (Wildman–Crippen LogP) is 4.40. The average molecular weight is 459 g/mol. The molecule has 0 bridgehead atoms. The molecule has 9 heteroatoms. The Labute approximate surface area is 191 Å². The van der Waals surface area contributed by atoms with Gasteiger partial charge in [-0.15, -0.1) is 0 Å². The Morgan fingerprint density at radius 2 is 1.97 bits per heavy atom. The summed E-state index contributed by atoms with van der Waals surface area (Å²) < 4.78 is 38.5. The number of hydrazine groups is 1. The van der Waals surface area contributed by atoms with E-state index in [9.17, 15) is 13.2 Å². The third-order valence-electron chi connectivity index (χ3n) is 6.54. The maximum Gasteiger partial charge on any atom is 0.430 e. The highest BCUT2D eigenvalue weighted by Gasteiger charge is 2.55. The second-order valence-electron chi connectivity index (χ2n) is 9.16. The number of nitrogens with zero attached hydrogens (tertiary/aromatic N) is 3. The standard InChI is InChI=1S/C24H29F3N6/c1-4-21(19-9-23(10-19)13-33(14-23)15(2)24(25,26)27)31-22-8-18-7-16(20(28)12-32(3)29)5-6-17(18)11-30-22/h4-8,11-12,19H,2,9-10,13-14,28-29H2,1,3H3,(H,30,31)/b20-12-,21-4-. The van der Waals surface area contributed by atoms with Gasteiger partial charge in [-0.25, -0.2) is 10.8 Å². The largest absolute Gasteiger partial charge is 0.430 e. The fraction of sp³-hybridized carbons (Fsp3) is 0.375. The van der Waals surface area contributed by atoms with Crippen LogP contribution in [0.5, 0.6) is 0 Å². The molecule has 33 heavy (non-hydrogen) atoms. The second-order valence-corrected chi connectivity index (χ2v) is 9.16. The first kappa shape index (κ1) is 23.0. The van der Waals surface area contributed by atoms with E-state index >= 15 is 0 Å². The molecular weight excluding hydrogens is 429 g/mol. The minimum Gasteiger partial charge on any atom is -0.397 e. The lowest BCUT2D eigenvalue weighted by molar-refractivity contribution is -0.146. The maximum absolute atomic E-state index is 12.8. The fourth-order valence-electron chi connectivity index (χ4n) is 4.84. The van der Waals surface area contributed by atoms with Gasteiger partial charge < -0.3 is 21.0 Å². The summed E-state index contributed by atoms with van der Waals surface area (Å²) in [5.41, 5.74) is 7.80. The summed E-state index contributed by atoms with van der Waals surface area (Å²) in [6.45, 7) is 6.00. The molecule has 4 rings (SSSR count). The molecular formula is C24H29F3N6. The highest BCUT2D eigenvalue weighted by atomic mass is 19.4. The predicted molar refractivity (Wildman–Crippen MR) is 125 cm³/mol. The Hall–Kier alpha value is -3.20. The van der Waals surface area contributed by atoms with Crippen molar-refractivity contribution < 1.29 is 13.2 Å². The topological polar surface area (TPSA) is 83.4 Å². The van der Waals surface area contributed by atoms with Gasteiger partial charge in [0.15, 0.2) is 0 Å². The Morgan fingerprint density at radius 3 is 2.58 bits per heavy atom. The number of rotatable bonds is 6. The van der Waals surface area contributed by atoms with E-state index in [1.807, 2.05) is 37.3 Å². The van der Waals surface area contributed by atoms with Crippen molar-refractivity contribution in [3.05, 3.63) is 66.3 Å². The number of alkyl halides is 3. The van der Waals surface area contributed by atoms with Gasteiger partial charge in [0.25, 0.3) is 0 Å². The molecule has 5 N–H and O–H groups in total. The van der Waals surface area contributed by atoms with Crippen molar-refractivity contribution in [2.24, 2.45) is 22.9 Å². The molecule has 1 saturated heterocycles. The van der Waals surface area contributed by atoms with Crippen LogP contribution in [0.4, 0.5) is 19.0 Å².